The van der Waals surface area contributed by atoms with Gasteiger partial charge in [0.05, 0.1) is 5.56 Å². The van der Waals surface area contributed by atoms with E-state index in [2.05, 4.69) is 10.2 Å². The van der Waals surface area contributed by atoms with Gasteiger partial charge in [0.15, 0.2) is 0 Å². The van der Waals surface area contributed by atoms with Crippen LogP contribution >= 0.6 is 12.4 Å². The summed E-state index contributed by atoms with van der Waals surface area (Å²) >= 11 is 0. The van der Waals surface area contributed by atoms with Gasteiger partial charge in [0, 0.05) is 32.2 Å². The first kappa shape index (κ1) is 20.5. The Morgan fingerprint density at radius 3 is 2.28 bits per heavy atom. The zero-order chi connectivity index (χ0) is 17.2. The molecule has 1 aliphatic heterocycles. The number of nitrogens with zero attached hydrogens (tertiary/aromatic N) is 1. The Labute approximate surface area is 152 Å². The van der Waals surface area contributed by atoms with Crippen molar-refractivity contribution < 1.29 is 17.6 Å². The maximum Gasteiger partial charge on any atom is 0.416 e. The summed E-state index contributed by atoms with van der Waals surface area (Å²) in [7, 11) is 0. The van der Waals surface area contributed by atoms with Gasteiger partial charge in [-0.05, 0) is 36.5 Å². The highest BCUT2D eigenvalue weighted by molar-refractivity contribution is 5.85. The van der Waals surface area contributed by atoms with Gasteiger partial charge in [0.2, 0.25) is 0 Å². The molecular weight excluding hydrogens is 356 g/mol. The Hall–Kier alpha value is -0.850. The van der Waals surface area contributed by atoms with Crippen LogP contribution in [0.15, 0.2) is 18.2 Å². The summed E-state index contributed by atoms with van der Waals surface area (Å²) < 4.78 is 54.1. The van der Waals surface area contributed by atoms with Crippen molar-refractivity contribution in [1.82, 2.24) is 10.2 Å². The molecule has 142 valence electrons. The minimum atomic E-state index is -4.53. The van der Waals surface area contributed by atoms with E-state index in [1.165, 1.54) is 12.1 Å². The Morgan fingerprint density at radius 1 is 1.04 bits per heavy atom. The maximum atomic E-state index is 13.5. The molecule has 1 atom stereocenters. The highest BCUT2D eigenvalue weighted by Crippen LogP contribution is 2.43. The van der Waals surface area contributed by atoms with E-state index in [9.17, 15) is 17.6 Å². The van der Waals surface area contributed by atoms with Gasteiger partial charge in [-0.1, -0.05) is 25.3 Å². The van der Waals surface area contributed by atoms with Crippen LogP contribution in [0.25, 0.3) is 0 Å². The first-order chi connectivity index (χ1) is 11.5. The smallest absolute Gasteiger partial charge is 0.314 e. The standard InChI is InChI=1S/C18H24F4N2.ClH/c19-14-6-7-15(16(12-14)18(20,21)22)17(13-4-2-1-3-5-13)24-10-8-23-9-11-24;/h6-7,12-13,17,23H,1-5,8-11H2;1H/t17-;/m0./s1. The number of halogens is 5. The first-order valence-corrected chi connectivity index (χ1v) is 8.78. The molecule has 0 spiro atoms. The number of alkyl halides is 3. The van der Waals surface area contributed by atoms with Crippen molar-refractivity contribution in [3.63, 3.8) is 0 Å². The van der Waals surface area contributed by atoms with Crippen molar-refractivity contribution in [2.75, 3.05) is 26.2 Å². The van der Waals surface area contributed by atoms with Gasteiger partial charge >= 0.3 is 6.18 Å². The molecule has 0 amide bonds. The van der Waals surface area contributed by atoms with Gasteiger partial charge in [0.25, 0.3) is 0 Å². The lowest BCUT2D eigenvalue weighted by Gasteiger charge is -2.42. The quantitative estimate of drug-likeness (QED) is 0.758. The third kappa shape index (κ3) is 4.86. The summed E-state index contributed by atoms with van der Waals surface area (Å²) in [4.78, 5) is 2.16. The molecule has 0 radical (unpaired) electrons. The average Bonchev–Trinajstić information content (AvgIpc) is 2.57. The molecule has 25 heavy (non-hydrogen) atoms. The summed E-state index contributed by atoms with van der Waals surface area (Å²) in [6, 6.07) is 2.92. The second kappa shape index (κ2) is 8.69. The van der Waals surface area contributed by atoms with E-state index in [0.717, 1.165) is 58.3 Å². The summed E-state index contributed by atoms with van der Waals surface area (Å²) in [5.41, 5.74) is -0.561. The van der Waals surface area contributed by atoms with Crippen molar-refractivity contribution >= 4 is 12.4 Å². The fourth-order valence-electron chi connectivity index (χ4n) is 4.19. The van der Waals surface area contributed by atoms with Crippen molar-refractivity contribution in [2.24, 2.45) is 5.92 Å². The molecule has 2 aliphatic rings. The molecule has 1 aromatic carbocycles. The lowest BCUT2D eigenvalue weighted by Crippen LogP contribution is -2.47. The van der Waals surface area contributed by atoms with Crippen molar-refractivity contribution in [3.8, 4) is 0 Å². The summed E-state index contributed by atoms with van der Waals surface area (Å²) in [5, 5.41) is 3.25. The van der Waals surface area contributed by atoms with Crippen LogP contribution < -0.4 is 5.32 Å². The second-order valence-corrected chi connectivity index (χ2v) is 6.86. The fourth-order valence-corrected chi connectivity index (χ4v) is 4.19. The minimum absolute atomic E-state index is 0. The van der Waals surface area contributed by atoms with Gasteiger partial charge in [0.1, 0.15) is 5.82 Å². The largest absolute Gasteiger partial charge is 0.416 e. The summed E-state index contributed by atoms with van der Waals surface area (Å²) in [5.74, 6) is -0.614. The molecule has 2 fully saturated rings. The topological polar surface area (TPSA) is 15.3 Å². The van der Waals surface area contributed by atoms with Crippen molar-refractivity contribution in [1.29, 1.82) is 0 Å². The third-order valence-corrected chi connectivity index (χ3v) is 5.28. The van der Waals surface area contributed by atoms with Crippen LogP contribution in [-0.2, 0) is 6.18 Å². The predicted octanol–water partition coefficient (Wildman–Crippen LogP) is 4.79. The molecule has 1 N–H and O–H groups in total. The number of hydrogen-bond acceptors (Lipinski definition) is 2. The van der Waals surface area contributed by atoms with Crippen molar-refractivity contribution in [3.05, 3.63) is 35.1 Å². The normalized spacial score (nSPS) is 21.6. The summed E-state index contributed by atoms with van der Waals surface area (Å²) in [6.07, 6.45) is 0.650. The van der Waals surface area contributed by atoms with Gasteiger partial charge in [-0.15, -0.1) is 12.4 Å². The first-order valence-electron chi connectivity index (χ1n) is 8.78. The van der Waals surface area contributed by atoms with Crippen LogP contribution in [0, 0.1) is 11.7 Å². The van der Waals surface area contributed by atoms with E-state index in [1.54, 1.807) is 0 Å². The summed E-state index contributed by atoms with van der Waals surface area (Å²) in [6.45, 7) is 3.03. The molecule has 1 aromatic rings. The maximum absolute atomic E-state index is 13.5. The van der Waals surface area contributed by atoms with E-state index in [1.807, 2.05) is 0 Å². The van der Waals surface area contributed by atoms with E-state index < -0.39 is 17.6 Å². The lowest BCUT2D eigenvalue weighted by molar-refractivity contribution is -0.139. The molecule has 2 nitrogen and oxygen atoms in total. The van der Waals surface area contributed by atoms with Crippen LogP contribution in [-0.4, -0.2) is 31.1 Å². The van der Waals surface area contributed by atoms with E-state index >= 15 is 0 Å². The van der Waals surface area contributed by atoms with Gasteiger partial charge in [-0.25, -0.2) is 4.39 Å². The van der Waals surface area contributed by atoms with Crippen molar-refractivity contribution in [2.45, 2.75) is 44.3 Å². The Kier molecular flexibility index (Phi) is 7.11. The van der Waals surface area contributed by atoms with Gasteiger partial charge < -0.3 is 5.32 Å². The third-order valence-electron chi connectivity index (χ3n) is 5.28. The Morgan fingerprint density at radius 2 is 1.68 bits per heavy atom. The number of hydrogen-bond donors (Lipinski definition) is 1. The fraction of sp³-hybridized carbons (Fsp3) is 0.667. The predicted molar refractivity (Wildman–Crippen MR) is 92.4 cm³/mol. The van der Waals surface area contributed by atoms with Crippen LogP contribution in [0.1, 0.15) is 49.3 Å². The van der Waals surface area contributed by atoms with Crippen LogP contribution in [0.5, 0.6) is 0 Å². The average molecular weight is 381 g/mol. The monoisotopic (exact) mass is 380 g/mol. The van der Waals surface area contributed by atoms with Crippen LogP contribution in [0.3, 0.4) is 0 Å². The SMILES string of the molecule is Cl.Fc1ccc([C@H](C2CCCCC2)N2CCNCC2)c(C(F)(F)F)c1. The molecule has 1 heterocycles. The molecule has 7 heteroatoms. The van der Waals surface area contributed by atoms with E-state index in [4.69, 9.17) is 0 Å². The molecule has 1 aliphatic carbocycles. The van der Waals surface area contributed by atoms with E-state index in [0.29, 0.717) is 6.07 Å². The van der Waals surface area contributed by atoms with Gasteiger partial charge in [-0.2, -0.15) is 13.2 Å². The highest BCUT2D eigenvalue weighted by atomic mass is 35.5. The lowest BCUT2D eigenvalue weighted by atomic mass is 9.79. The number of piperazine rings is 1. The Bertz CT molecular complexity index is 534. The molecule has 1 saturated heterocycles. The van der Waals surface area contributed by atoms with Gasteiger partial charge in [-0.3, -0.25) is 4.90 Å². The Balaban J connectivity index is 0.00000225. The molecule has 1 saturated carbocycles. The van der Waals surface area contributed by atoms with Crippen LogP contribution in [0.2, 0.25) is 0 Å². The molecule has 3 rings (SSSR count). The second-order valence-electron chi connectivity index (χ2n) is 6.86. The van der Waals surface area contributed by atoms with E-state index in [-0.39, 0.29) is 29.9 Å². The molecule has 0 unspecified atom stereocenters. The van der Waals surface area contributed by atoms with Crippen LogP contribution in [0.4, 0.5) is 17.6 Å². The number of rotatable bonds is 3. The molecular formula is C18H25ClF4N2. The molecule has 0 bridgehead atoms. The minimum Gasteiger partial charge on any atom is -0.314 e. The zero-order valence-corrected chi connectivity index (χ0v) is 14.9. The number of benzene rings is 1. The zero-order valence-electron chi connectivity index (χ0n) is 14.1. The highest BCUT2D eigenvalue weighted by Gasteiger charge is 2.39. The molecule has 0 aromatic heterocycles. The number of nitrogens with one attached hydrogen (secondary N) is 1.